The van der Waals surface area contributed by atoms with Crippen LogP contribution in [-0.2, 0) is 11.0 Å². The van der Waals surface area contributed by atoms with E-state index < -0.39 is 51.9 Å². The number of alkyl halides is 3. The zero-order chi connectivity index (χ0) is 22.2. The fourth-order valence-electron chi connectivity index (χ4n) is 2.88. The van der Waals surface area contributed by atoms with Gasteiger partial charge in [-0.25, -0.2) is 18.6 Å². The highest BCUT2D eigenvalue weighted by molar-refractivity contribution is 7.11. The van der Waals surface area contributed by atoms with Crippen molar-refractivity contribution in [2.75, 3.05) is 13.1 Å². The molecule has 0 radical (unpaired) electrons. The summed E-state index contributed by atoms with van der Waals surface area (Å²) < 4.78 is 67.1. The normalized spacial score (nSPS) is 18.2. The number of nitrogens with zero attached hydrogens (tertiary/aromatic N) is 2. The van der Waals surface area contributed by atoms with E-state index >= 15 is 0 Å². The molecule has 0 spiro atoms. The van der Waals surface area contributed by atoms with Gasteiger partial charge in [0.25, 0.3) is 0 Å². The minimum absolute atomic E-state index is 0.134. The number of thiazole rings is 1. The van der Waals surface area contributed by atoms with Crippen LogP contribution < -0.4 is 10.6 Å². The van der Waals surface area contributed by atoms with Crippen LogP contribution in [0.1, 0.15) is 28.4 Å². The van der Waals surface area contributed by atoms with Crippen LogP contribution in [-0.4, -0.2) is 41.0 Å². The Kier molecular flexibility index (Phi) is 6.18. The van der Waals surface area contributed by atoms with E-state index in [1.54, 1.807) is 0 Å². The second kappa shape index (κ2) is 8.34. The average molecular weight is 469 g/mol. The zero-order valence-electron chi connectivity index (χ0n) is 15.2. The first kappa shape index (κ1) is 22.2. The third-order valence-corrected chi connectivity index (χ3v) is 5.91. The molecule has 2 atom stereocenters. The number of hydrogen-bond acceptors (Lipinski definition) is 4. The Labute approximate surface area is 176 Å². The van der Waals surface area contributed by atoms with E-state index in [0.717, 1.165) is 23.2 Å². The second-order valence-electron chi connectivity index (χ2n) is 6.37. The number of carbonyl (C=O) groups excluding carboxylic acids is 2. The molecule has 0 aliphatic carbocycles. The van der Waals surface area contributed by atoms with Gasteiger partial charge in [-0.2, -0.15) is 13.2 Å². The number of piperazine rings is 1. The number of benzene rings is 1. The molecule has 0 unspecified atom stereocenters. The second-order valence-corrected chi connectivity index (χ2v) is 7.81. The van der Waals surface area contributed by atoms with Crippen molar-refractivity contribution in [1.29, 1.82) is 0 Å². The summed E-state index contributed by atoms with van der Waals surface area (Å²) in [6.07, 6.45) is -3.89. The van der Waals surface area contributed by atoms with Crippen LogP contribution in [0.5, 0.6) is 0 Å². The van der Waals surface area contributed by atoms with E-state index in [0.29, 0.717) is 0 Å². The molecule has 13 heteroatoms. The molecule has 1 saturated heterocycles. The summed E-state index contributed by atoms with van der Waals surface area (Å²) in [5.41, 5.74) is -0.346. The van der Waals surface area contributed by atoms with Gasteiger partial charge in [0.1, 0.15) is 22.7 Å². The predicted octanol–water partition coefficient (Wildman–Crippen LogP) is 3.71. The lowest BCUT2D eigenvalue weighted by Gasteiger charge is -2.34. The Hall–Kier alpha value is -2.47. The van der Waals surface area contributed by atoms with Crippen LogP contribution in [0.15, 0.2) is 18.3 Å². The fourth-order valence-corrected chi connectivity index (χ4v) is 3.91. The quantitative estimate of drug-likeness (QED) is 0.533. The summed E-state index contributed by atoms with van der Waals surface area (Å²) in [6.45, 7) is 1.78. The van der Waals surface area contributed by atoms with Gasteiger partial charge in [-0.1, -0.05) is 17.7 Å². The summed E-state index contributed by atoms with van der Waals surface area (Å²) in [5, 5.41) is 2.91. The number of urea groups is 1. The van der Waals surface area contributed by atoms with Gasteiger partial charge in [-0.05, 0) is 13.0 Å². The number of hydrogen-bond donors (Lipinski definition) is 2. The molecule has 0 bridgehead atoms. The molecule has 1 aromatic heterocycles. The largest absolute Gasteiger partial charge is 0.443 e. The van der Waals surface area contributed by atoms with Gasteiger partial charge in [-0.15, -0.1) is 11.3 Å². The number of rotatable bonds is 3. The fraction of sp³-hybridized carbons (Fsp3) is 0.353. The van der Waals surface area contributed by atoms with Gasteiger partial charge in [0.05, 0.1) is 10.9 Å². The molecule has 3 amide bonds. The maximum Gasteiger partial charge on any atom is 0.443 e. The van der Waals surface area contributed by atoms with Crippen molar-refractivity contribution in [2.24, 2.45) is 0 Å². The minimum Gasteiger partial charge on any atom is -0.353 e. The van der Waals surface area contributed by atoms with Gasteiger partial charge in [0.15, 0.2) is 5.01 Å². The summed E-state index contributed by atoms with van der Waals surface area (Å²) in [6, 6.07) is -1.30. The van der Waals surface area contributed by atoms with E-state index in [9.17, 15) is 31.5 Å². The number of aromatic nitrogens is 1. The summed E-state index contributed by atoms with van der Waals surface area (Å²) in [5.74, 6) is -2.71. The first-order chi connectivity index (χ1) is 14.0. The Morgan fingerprint density at radius 3 is 2.73 bits per heavy atom. The maximum atomic E-state index is 14.6. The van der Waals surface area contributed by atoms with Crippen molar-refractivity contribution in [2.45, 2.75) is 25.2 Å². The van der Waals surface area contributed by atoms with Gasteiger partial charge in [0, 0.05) is 24.8 Å². The Bertz CT molecular complexity index is 984. The molecule has 162 valence electrons. The van der Waals surface area contributed by atoms with Crippen molar-refractivity contribution in [3.05, 3.63) is 50.4 Å². The molecule has 2 N–H and O–H groups in total. The zero-order valence-corrected chi connectivity index (χ0v) is 16.8. The van der Waals surface area contributed by atoms with Crippen LogP contribution in [0.2, 0.25) is 5.02 Å². The van der Waals surface area contributed by atoms with Crippen LogP contribution in [0.3, 0.4) is 0 Å². The SMILES string of the molecule is C[C@@H]1C(=O)NCCN1C(=O)N[C@H](c1cnc(C(F)(F)F)s1)c1ccc(F)c(Cl)c1F. The van der Waals surface area contributed by atoms with Crippen LogP contribution in [0.25, 0.3) is 0 Å². The maximum absolute atomic E-state index is 14.6. The predicted molar refractivity (Wildman–Crippen MR) is 98.0 cm³/mol. The highest BCUT2D eigenvalue weighted by Crippen LogP contribution is 2.37. The highest BCUT2D eigenvalue weighted by atomic mass is 35.5. The summed E-state index contributed by atoms with van der Waals surface area (Å²) >= 11 is 5.80. The Balaban J connectivity index is 2.00. The minimum atomic E-state index is -4.74. The van der Waals surface area contributed by atoms with E-state index in [1.807, 2.05) is 0 Å². The van der Waals surface area contributed by atoms with Gasteiger partial charge in [0.2, 0.25) is 5.91 Å². The van der Waals surface area contributed by atoms with Crippen molar-refractivity contribution in [3.63, 3.8) is 0 Å². The smallest absolute Gasteiger partial charge is 0.353 e. The molecule has 0 saturated carbocycles. The number of nitrogens with one attached hydrogen (secondary N) is 2. The molecular weight excluding hydrogens is 455 g/mol. The lowest BCUT2D eigenvalue weighted by Crippen LogP contribution is -2.58. The molecule has 1 aliphatic rings. The van der Waals surface area contributed by atoms with E-state index in [2.05, 4.69) is 15.6 Å². The summed E-state index contributed by atoms with van der Waals surface area (Å²) in [7, 11) is 0. The van der Waals surface area contributed by atoms with E-state index in [4.69, 9.17) is 11.6 Å². The first-order valence-corrected chi connectivity index (χ1v) is 9.71. The van der Waals surface area contributed by atoms with E-state index in [-0.39, 0.29) is 34.9 Å². The van der Waals surface area contributed by atoms with Crippen molar-refractivity contribution in [3.8, 4) is 0 Å². The molecule has 2 aromatic rings. The van der Waals surface area contributed by atoms with Gasteiger partial charge in [-0.3, -0.25) is 4.79 Å². The molecule has 30 heavy (non-hydrogen) atoms. The Morgan fingerprint density at radius 2 is 2.10 bits per heavy atom. The molecule has 3 rings (SSSR count). The molecule has 1 aromatic carbocycles. The Morgan fingerprint density at radius 1 is 1.40 bits per heavy atom. The first-order valence-electron chi connectivity index (χ1n) is 8.52. The van der Waals surface area contributed by atoms with Crippen LogP contribution in [0, 0.1) is 11.6 Å². The van der Waals surface area contributed by atoms with Gasteiger partial charge >= 0.3 is 12.2 Å². The number of halogens is 6. The van der Waals surface area contributed by atoms with Gasteiger partial charge < -0.3 is 15.5 Å². The number of carbonyl (C=O) groups is 2. The standard InChI is InChI=1S/C17H14ClF5N4O2S/c1-7-14(28)24-4-5-27(7)16(29)26-13(8-2-3-9(19)11(18)12(8)20)10-6-25-15(30-10)17(21,22)23/h2-3,6-7,13H,4-5H2,1H3,(H,24,28)(H,26,29)/t7-,13+/m1/s1. The number of amides is 3. The molecule has 2 heterocycles. The lowest BCUT2D eigenvalue weighted by atomic mass is 10.0. The van der Waals surface area contributed by atoms with Crippen molar-refractivity contribution in [1.82, 2.24) is 20.5 Å². The molecular formula is C17H14ClF5N4O2S. The monoisotopic (exact) mass is 468 g/mol. The summed E-state index contributed by atoms with van der Waals surface area (Å²) in [4.78, 5) is 28.8. The van der Waals surface area contributed by atoms with Crippen molar-refractivity contribution < 1.29 is 31.5 Å². The molecule has 1 aliphatic heterocycles. The highest BCUT2D eigenvalue weighted by Gasteiger charge is 2.37. The molecule has 6 nitrogen and oxygen atoms in total. The van der Waals surface area contributed by atoms with E-state index in [1.165, 1.54) is 6.92 Å². The topological polar surface area (TPSA) is 74.3 Å². The third-order valence-electron chi connectivity index (χ3n) is 4.45. The molecule has 1 fully saturated rings. The average Bonchev–Trinajstić information content (AvgIpc) is 3.17. The van der Waals surface area contributed by atoms with Crippen LogP contribution >= 0.6 is 22.9 Å². The lowest BCUT2D eigenvalue weighted by molar-refractivity contribution is -0.137. The van der Waals surface area contributed by atoms with Crippen LogP contribution in [0.4, 0.5) is 26.7 Å². The third kappa shape index (κ3) is 4.33. The van der Waals surface area contributed by atoms with Crippen molar-refractivity contribution >= 4 is 34.9 Å².